The van der Waals surface area contributed by atoms with Crippen molar-refractivity contribution in [3.8, 4) is 11.6 Å². The number of pyridine rings is 1. The highest BCUT2D eigenvalue weighted by molar-refractivity contribution is 14.0. The minimum Gasteiger partial charge on any atom is -0.356 e. The molecule has 0 aliphatic carbocycles. The van der Waals surface area contributed by atoms with Gasteiger partial charge in [0.15, 0.2) is 11.8 Å². The topological polar surface area (TPSA) is 88.2 Å². The summed E-state index contributed by atoms with van der Waals surface area (Å²) in [6.07, 6.45) is 2.33. The van der Waals surface area contributed by atoms with E-state index in [-0.39, 0.29) is 30.0 Å². The maximum atomic E-state index is 5.25. The van der Waals surface area contributed by atoms with Gasteiger partial charge in [0.2, 0.25) is 0 Å². The summed E-state index contributed by atoms with van der Waals surface area (Å²) in [7, 11) is 1.75. The van der Waals surface area contributed by atoms with E-state index >= 15 is 0 Å². The first kappa shape index (κ1) is 20.3. The summed E-state index contributed by atoms with van der Waals surface area (Å²) in [6.45, 7) is 2.76. The van der Waals surface area contributed by atoms with Gasteiger partial charge in [0.05, 0.1) is 6.04 Å². The molecule has 0 saturated carbocycles. The van der Waals surface area contributed by atoms with Gasteiger partial charge in [-0.15, -0.1) is 35.3 Å². The molecule has 2 N–H and O–H groups in total. The first-order chi connectivity index (χ1) is 12.3. The summed E-state index contributed by atoms with van der Waals surface area (Å²) in [6, 6.07) is 9.93. The van der Waals surface area contributed by atoms with Gasteiger partial charge in [0, 0.05) is 31.1 Å². The van der Waals surface area contributed by atoms with Gasteiger partial charge in [-0.1, -0.05) is 17.3 Å². The monoisotopic (exact) mass is 484 g/mol. The van der Waals surface area contributed by atoms with Crippen molar-refractivity contribution in [1.82, 2.24) is 25.8 Å². The van der Waals surface area contributed by atoms with Gasteiger partial charge in [0.25, 0.3) is 5.89 Å². The summed E-state index contributed by atoms with van der Waals surface area (Å²) in [4.78, 5) is 14.1. The lowest BCUT2D eigenvalue weighted by Crippen LogP contribution is -2.39. The smallest absolute Gasteiger partial charge is 0.276 e. The number of thiophene rings is 1. The molecule has 0 saturated heterocycles. The molecule has 0 aromatic carbocycles. The number of hydrogen-bond acceptors (Lipinski definition) is 6. The summed E-state index contributed by atoms with van der Waals surface area (Å²) < 4.78 is 5.25. The molecule has 9 heteroatoms. The van der Waals surface area contributed by atoms with E-state index in [1.807, 2.05) is 24.3 Å². The molecule has 138 valence electrons. The fourth-order valence-corrected chi connectivity index (χ4v) is 2.98. The summed E-state index contributed by atoms with van der Waals surface area (Å²) in [5.74, 6) is 1.81. The number of aliphatic imine (C=N–C) groups is 1. The molecule has 0 amide bonds. The zero-order valence-corrected chi connectivity index (χ0v) is 17.7. The molecule has 0 bridgehead atoms. The van der Waals surface area contributed by atoms with Gasteiger partial charge < -0.3 is 15.2 Å². The van der Waals surface area contributed by atoms with Crippen LogP contribution in [0.5, 0.6) is 0 Å². The van der Waals surface area contributed by atoms with Crippen molar-refractivity contribution in [2.24, 2.45) is 4.99 Å². The van der Waals surface area contributed by atoms with Crippen molar-refractivity contribution in [1.29, 1.82) is 0 Å². The van der Waals surface area contributed by atoms with Gasteiger partial charge in [-0.3, -0.25) is 9.98 Å². The van der Waals surface area contributed by atoms with Crippen LogP contribution < -0.4 is 10.6 Å². The van der Waals surface area contributed by atoms with Gasteiger partial charge in [-0.05, 0) is 30.5 Å². The molecule has 0 radical (unpaired) electrons. The molecule has 7 nitrogen and oxygen atoms in total. The zero-order valence-electron chi connectivity index (χ0n) is 14.5. The Balaban J connectivity index is 0.00000243. The molecular weight excluding hydrogens is 463 g/mol. The van der Waals surface area contributed by atoms with Gasteiger partial charge >= 0.3 is 0 Å². The van der Waals surface area contributed by atoms with E-state index < -0.39 is 0 Å². The lowest BCUT2D eigenvalue weighted by molar-refractivity contribution is 0.421. The SMILES string of the molecule is CN=C(NCCc1noc(-c2ccccn2)n1)NC(C)c1cccs1.I. The maximum absolute atomic E-state index is 5.25. The molecule has 1 unspecified atom stereocenters. The first-order valence-electron chi connectivity index (χ1n) is 8.01. The normalized spacial score (nSPS) is 12.3. The molecule has 0 fully saturated rings. The van der Waals surface area contributed by atoms with E-state index in [1.54, 1.807) is 24.6 Å². The summed E-state index contributed by atoms with van der Waals surface area (Å²) in [5, 5.41) is 12.7. The molecule has 3 aromatic rings. The van der Waals surface area contributed by atoms with E-state index in [0.717, 1.165) is 5.96 Å². The Labute approximate surface area is 173 Å². The fraction of sp³-hybridized carbons (Fsp3) is 0.294. The van der Waals surface area contributed by atoms with Gasteiger partial charge in [0.1, 0.15) is 5.69 Å². The van der Waals surface area contributed by atoms with E-state index in [9.17, 15) is 0 Å². The average molecular weight is 484 g/mol. The molecule has 0 aliphatic rings. The van der Waals surface area contributed by atoms with Gasteiger partial charge in [-0.2, -0.15) is 4.98 Å². The maximum Gasteiger partial charge on any atom is 0.276 e. The number of nitrogens with zero attached hydrogens (tertiary/aromatic N) is 4. The van der Waals surface area contributed by atoms with Crippen molar-refractivity contribution in [2.45, 2.75) is 19.4 Å². The van der Waals surface area contributed by atoms with Crippen molar-refractivity contribution < 1.29 is 4.52 Å². The molecule has 3 rings (SSSR count). The predicted octanol–water partition coefficient (Wildman–Crippen LogP) is 3.28. The molecule has 26 heavy (non-hydrogen) atoms. The second-order valence-electron chi connectivity index (χ2n) is 5.36. The Morgan fingerprint density at radius 2 is 2.19 bits per heavy atom. The van der Waals surface area contributed by atoms with Crippen LogP contribution in [0.4, 0.5) is 0 Å². The van der Waals surface area contributed by atoms with Crippen LogP contribution in [-0.2, 0) is 6.42 Å². The molecule has 3 aromatic heterocycles. The molecule has 0 spiro atoms. The van der Waals surface area contributed by atoms with Crippen LogP contribution in [0, 0.1) is 0 Å². The van der Waals surface area contributed by atoms with E-state index in [2.05, 4.69) is 49.1 Å². The number of halogens is 1. The lowest BCUT2D eigenvalue weighted by atomic mass is 10.3. The molecule has 0 aliphatic heterocycles. The van der Waals surface area contributed by atoms with E-state index in [0.29, 0.717) is 30.4 Å². The van der Waals surface area contributed by atoms with Crippen LogP contribution in [-0.4, -0.2) is 34.7 Å². The minimum atomic E-state index is 0. The molecule has 1 atom stereocenters. The van der Waals surface area contributed by atoms with Gasteiger partial charge in [-0.25, -0.2) is 0 Å². The number of guanidine groups is 1. The third kappa shape index (κ3) is 5.49. The van der Waals surface area contributed by atoms with Crippen LogP contribution >= 0.6 is 35.3 Å². The second-order valence-corrected chi connectivity index (χ2v) is 6.34. The number of aromatic nitrogens is 3. The predicted molar refractivity (Wildman–Crippen MR) is 114 cm³/mol. The Morgan fingerprint density at radius 3 is 2.88 bits per heavy atom. The Morgan fingerprint density at radius 1 is 1.31 bits per heavy atom. The van der Waals surface area contributed by atoms with Crippen LogP contribution in [0.15, 0.2) is 51.4 Å². The number of rotatable bonds is 6. The molecule has 3 heterocycles. The quantitative estimate of drug-likeness (QED) is 0.317. The highest BCUT2D eigenvalue weighted by Crippen LogP contribution is 2.17. The Kier molecular flexibility index (Phi) is 7.98. The van der Waals surface area contributed by atoms with Crippen LogP contribution in [0.25, 0.3) is 11.6 Å². The first-order valence-corrected chi connectivity index (χ1v) is 8.89. The van der Waals surface area contributed by atoms with Crippen molar-refractivity contribution >= 4 is 41.3 Å². The highest BCUT2D eigenvalue weighted by Gasteiger charge is 2.11. The second kappa shape index (κ2) is 10.2. The van der Waals surface area contributed by atoms with E-state index in [1.165, 1.54) is 4.88 Å². The van der Waals surface area contributed by atoms with Crippen LogP contribution in [0.2, 0.25) is 0 Å². The Bertz CT molecular complexity index is 806. The molecular formula is C17H21IN6OS. The summed E-state index contributed by atoms with van der Waals surface area (Å²) >= 11 is 1.72. The van der Waals surface area contributed by atoms with Crippen LogP contribution in [0.1, 0.15) is 23.7 Å². The van der Waals surface area contributed by atoms with Crippen LogP contribution in [0.3, 0.4) is 0 Å². The Hall–Kier alpha value is -2.01. The highest BCUT2D eigenvalue weighted by atomic mass is 127. The van der Waals surface area contributed by atoms with Crippen molar-refractivity contribution in [3.63, 3.8) is 0 Å². The van der Waals surface area contributed by atoms with E-state index in [4.69, 9.17) is 4.52 Å². The van der Waals surface area contributed by atoms with Crippen molar-refractivity contribution in [2.75, 3.05) is 13.6 Å². The largest absolute Gasteiger partial charge is 0.356 e. The number of hydrogen-bond donors (Lipinski definition) is 2. The average Bonchev–Trinajstić information content (AvgIpc) is 3.33. The number of nitrogens with one attached hydrogen (secondary N) is 2. The fourth-order valence-electron chi connectivity index (χ4n) is 2.25. The zero-order chi connectivity index (χ0) is 17.5. The minimum absolute atomic E-state index is 0. The summed E-state index contributed by atoms with van der Waals surface area (Å²) in [5.41, 5.74) is 0.677. The lowest BCUT2D eigenvalue weighted by Gasteiger charge is -2.16. The third-order valence-electron chi connectivity index (χ3n) is 3.54. The standard InChI is InChI=1S/C17H20N6OS.HI/c1-12(14-7-5-11-25-14)21-17(18-2)20-10-8-15-22-16(24-23-15)13-6-3-4-9-19-13;/h3-7,9,11-12H,8,10H2,1-2H3,(H2,18,20,21);1H. The third-order valence-corrected chi connectivity index (χ3v) is 4.59. The van der Waals surface area contributed by atoms with Crippen molar-refractivity contribution in [3.05, 3.63) is 52.6 Å².